The average molecular weight is 383 g/mol. The van der Waals surface area contributed by atoms with E-state index in [4.69, 9.17) is 4.74 Å². The highest BCUT2D eigenvalue weighted by molar-refractivity contribution is 5.92. The third-order valence-corrected chi connectivity index (χ3v) is 4.98. The molecule has 0 fully saturated rings. The zero-order chi connectivity index (χ0) is 20.7. The number of anilines is 1. The summed E-state index contributed by atoms with van der Waals surface area (Å²) < 4.78 is 5.58. The van der Waals surface area contributed by atoms with Crippen LogP contribution in [-0.2, 0) is 21.4 Å². The van der Waals surface area contributed by atoms with Gasteiger partial charge >= 0.3 is 0 Å². The molecule has 0 spiro atoms. The summed E-state index contributed by atoms with van der Waals surface area (Å²) in [7, 11) is 3.46. The van der Waals surface area contributed by atoms with E-state index < -0.39 is 0 Å². The number of likely N-dealkylation sites (N-methyl/N-ethyl adjacent to an activating group) is 1. The largest absolute Gasteiger partial charge is 0.484 e. The van der Waals surface area contributed by atoms with E-state index in [0.717, 1.165) is 12.0 Å². The van der Waals surface area contributed by atoms with Crippen LogP contribution in [0.2, 0.25) is 0 Å². The number of rotatable bonds is 8. The summed E-state index contributed by atoms with van der Waals surface area (Å²) in [5.41, 5.74) is 2.96. The van der Waals surface area contributed by atoms with Crippen molar-refractivity contribution >= 4 is 17.5 Å². The summed E-state index contributed by atoms with van der Waals surface area (Å²) in [6, 6.07) is 15.1. The van der Waals surface area contributed by atoms with E-state index >= 15 is 0 Å². The Morgan fingerprint density at radius 3 is 2.14 bits per heavy atom. The zero-order valence-corrected chi connectivity index (χ0v) is 17.4. The van der Waals surface area contributed by atoms with Gasteiger partial charge in [0.1, 0.15) is 5.75 Å². The van der Waals surface area contributed by atoms with Crippen LogP contribution in [0.3, 0.4) is 0 Å². The van der Waals surface area contributed by atoms with Gasteiger partial charge in [-0.05, 0) is 47.2 Å². The van der Waals surface area contributed by atoms with Crippen LogP contribution in [0, 0.1) is 0 Å². The number of nitrogens with zero attached hydrogens (tertiary/aromatic N) is 1. The first kappa shape index (κ1) is 21.5. The number of carbonyl (C=O) groups is 2. The number of benzene rings is 2. The Kier molecular flexibility index (Phi) is 7.21. The molecule has 5 heteroatoms. The van der Waals surface area contributed by atoms with Crippen molar-refractivity contribution in [2.75, 3.05) is 26.0 Å². The number of hydrogen-bond donors (Lipinski definition) is 1. The summed E-state index contributed by atoms with van der Waals surface area (Å²) in [5, 5.41) is 2.80. The maximum absolute atomic E-state index is 12.1. The molecule has 28 heavy (non-hydrogen) atoms. The van der Waals surface area contributed by atoms with Crippen molar-refractivity contribution in [3.05, 3.63) is 59.7 Å². The van der Waals surface area contributed by atoms with Gasteiger partial charge in [0.25, 0.3) is 5.91 Å². The number of ether oxygens (including phenoxy) is 1. The number of nitrogens with one attached hydrogen (secondary N) is 1. The minimum Gasteiger partial charge on any atom is -0.484 e. The SMILES string of the molecule is CCC(C)(C)c1ccc(OCC(=O)Nc2ccc(CC(=O)N(C)C)cc2)cc1. The molecule has 0 heterocycles. The molecule has 0 unspecified atom stereocenters. The predicted octanol–water partition coefficient (Wildman–Crippen LogP) is 4.02. The monoisotopic (exact) mass is 382 g/mol. The Morgan fingerprint density at radius 2 is 1.61 bits per heavy atom. The topological polar surface area (TPSA) is 58.6 Å². The first-order chi connectivity index (χ1) is 13.2. The number of amides is 2. The van der Waals surface area contributed by atoms with E-state index in [1.54, 1.807) is 31.1 Å². The maximum Gasteiger partial charge on any atom is 0.262 e. The molecule has 5 nitrogen and oxygen atoms in total. The van der Waals surface area contributed by atoms with Crippen molar-refractivity contribution in [1.82, 2.24) is 4.90 Å². The molecule has 1 N–H and O–H groups in total. The van der Waals surface area contributed by atoms with Crippen LogP contribution in [0.15, 0.2) is 48.5 Å². The molecule has 0 saturated carbocycles. The summed E-state index contributed by atoms with van der Waals surface area (Å²) in [5.74, 6) is 0.483. The molecule has 2 aromatic carbocycles. The molecule has 150 valence electrons. The van der Waals surface area contributed by atoms with E-state index in [1.165, 1.54) is 5.56 Å². The summed E-state index contributed by atoms with van der Waals surface area (Å²) in [4.78, 5) is 25.4. The Bertz CT molecular complexity index is 794. The molecule has 2 aromatic rings. The van der Waals surface area contributed by atoms with Crippen LogP contribution >= 0.6 is 0 Å². The van der Waals surface area contributed by atoms with Crippen LogP contribution < -0.4 is 10.1 Å². The van der Waals surface area contributed by atoms with Gasteiger partial charge in [-0.2, -0.15) is 0 Å². The quantitative estimate of drug-likeness (QED) is 0.750. The number of carbonyl (C=O) groups excluding carboxylic acids is 2. The minimum atomic E-state index is -0.227. The lowest BCUT2D eigenvalue weighted by molar-refractivity contribution is -0.128. The Hall–Kier alpha value is -2.82. The van der Waals surface area contributed by atoms with Gasteiger partial charge in [-0.3, -0.25) is 9.59 Å². The Labute approximate surface area is 167 Å². The van der Waals surface area contributed by atoms with Crippen molar-refractivity contribution in [1.29, 1.82) is 0 Å². The molecule has 2 rings (SSSR count). The van der Waals surface area contributed by atoms with Gasteiger partial charge in [0, 0.05) is 19.8 Å². The summed E-state index contributed by atoms with van der Waals surface area (Å²) in [6.45, 7) is 6.52. The third-order valence-electron chi connectivity index (χ3n) is 4.98. The molecule has 0 aliphatic heterocycles. The third kappa shape index (κ3) is 6.12. The van der Waals surface area contributed by atoms with Crippen LogP contribution in [0.5, 0.6) is 5.75 Å². The van der Waals surface area contributed by atoms with Crippen LogP contribution in [0.25, 0.3) is 0 Å². The van der Waals surface area contributed by atoms with Gasteiger partial charge < -0.3 is 15.0 Å². The van der Waals surface area contributed by atoms with Gasteiger partial charge in [0.15, 0.2) is 6.61 Å². The standard InChI is InChI=1S/C23H30N2O3/c1-6-23(2,3)18-9-13-20(14-10-18)28-16-21(26)24-19-11-7-17(8-12-19)15-22(27)25(4)5/h7-14H,6,15-16H2,1-5H3,(H,24,26). The lowest BCUT2D eigenvalue weighted by Gasteiger charge is -2.23. The highest BCUT2D eigenvalue weighted by Crippen LogP contribution is 2.28. The van der Waals surface area contributed by atoms with Gasteiger partial charge in [-0.15, -0.1) is 0 Å². The van der Waals surface area contributed by atoms with E-state index in [1.807, 2.05) is 36.4 Å². The second-order valence-electron chi connectivity index (χ2n) is 7.76. The van der Waals surface area contributed by atoms with Crippen molar-refractivity contribution in [2.45, 2.75) is 39.0 Å². The molecular formula is C23H30N2O3. The molecule has 0 aromatic heterocycles. The van der Waals surface area contributed by atoms with Crippen molar-refractivity contribution < 1.29 is 14.3 Å². The van der Waals surface area contributed by atoms with Gasteiger partial charge in [0.05, 0.1) is 6.42 Å². The van der Waals surface area contributed by atoms with E-state index in [-0.39, 0.29) is 23.8 Å². The van der Waals surface area contributed by atoms with Gasteiger partial charge in [-0.25, -0.2) is 0 Å². The lowest BCUT2D eigenvalue weighted by Crippen LogP contribution is -2.23. The Balaban J connectivity index is 1.85. The van der Waals surface area contributed by atoms with E-state index in [2.05, 4.69) is 26.1 Å². The van der Waals surface area contributed by atoms with Crippen LogP contribution in [0.4, 0.5) is 5.69 Å². The Morgan fingerprint density at radius 1 is 1.00 bits per heavy atom. The smallest absolute Gasteiger partial charge is 0.262 e. The molecule has 0 saturated heterocycles. The van der Waals surface area contributed by atoms with Gasteiger partial charge in [-0.1, -0.05) is 45.0 Å². The molecule has 0 bridgehead atoms. The average Bonchev–Trinajstić information content (AvgIpc) is 2.68. The molecule has 0 aliphatic carbocycles. The first-order valence-corrected chi connectivity index (χ1v) is 9.53. The second kappa shape index (κ2) is 9.40. The lowest BCUT2D eigenvalue weighted by atomic mass is 9.82. The van der Waals surface area contributed by atoms with Crippen LogP contribution in [-0.4, -0.2) is 37.4 Å². The fourth-order valence-corrected chi connectivity index (χ4v) is 2.59. The fraction of sp³-hybridized carbons (Fsp3) is 0.391. The van der Waals surface area contributed by atoms with Gasteiger partial charge in [0.2, 0.25) is 5.91 Å². The predicted molar refractivity (Wildman–Crippen MR) is 113 cm³/mol. The maximum atomic E-state index is 12.1. The summed E-state index contributed by atoms with van der Waals surface area (Å²) >= 11 is 0. The summed E-state index contributed by atoms with van der Waals surface area (Å²) in [6.07, 6.45) is 1.40. The highest BCUT2D eigenvalue weighted by Gasteiger charge is 2.17. The fourth-order valence-electron chi connectivity index (χ4n) is 2.59. The molecule has 2 amide bonds. The molecule has 0 atom stereocenters. The van der Waals surface area contributed by atoms with E-state index in [9.17, 15) is 9.59 Å². The van der Waals surface area contributed by atoms with Crippen molar-refractivity contribution in [3.63, 3.8) is 0 Å². The van der Waals surface area contributed by atoms with E-state index in [0.29, 0.717) is 17.9 Å². The highest BCUT2D eigenvalue weighted by atomic mass is 16.5. The first-order valence-electron chi connectivity index (χ1n) is 9.53. The van der Waals surface area contributed by atoms with Crippen molar-refractivity contribution in [2.24, 2.45) is 0 Å². The second-order valence-corrected chi connectivity index (χ2v) is 7.76. The minimum absolute atomic E-state index is 0.0403. The van der Waals surface area contributed by atoms with Crippen molar-refractivity contribution in [3.8, 4) is 5.75 Å². The molecule has 0 aliphatic rings. The molecular weight excluding hydrogens is 352 g/mol. The molecule has 0 radical (unpaired) electrons. The zero-order valence-electron chi connectivity index (χ0n) is 17.4. The number of hydrogen-bond acceptors (Lipinski definition) is 3. The normalized spacial score (nSPS) is 11.0. The van der Waals surface area contributed by atoms with Crippen LogP contribution in [0.1, 0.15) is 38.3 Å².